The maximum absolute atomic E-state index is 11.8. The summed E-state index contributed by atoms with van der Waals surface area (Å²) in [6.07, 6.45) is 15.5. The SMILES string of the molecule is CCCCCCCCCCCCCCNC(=O)C1CNCC1O. The summed E-state index contributed by atoms with van der Waals surface area (Å²) in [6.45, 7) is 4.16. The monoisotopic (exact) mass is 326 g/mol. The van der Waals surface area contributed by atoms with Gasteiger partial charge in [-0.3, -0.25) is 4.79 Å². The molecule has 0 saturated carbocycles. The second kappa shape index (κ2) is 13.8. The van der Waals surface area contributed by atoms with Gasteiger partial charge in [0.1, 0.15) is 0 Å². The van der Waals surface area contributed by atoms with Gasteiger partial charge in [-0.15, -0.1) is 0 Å². The molecular formula is C19H38N2O2. The van der Waals surface area contributed by atoms with E-state index in [0.29, 0.717) is 13.1 Å². The molecule has 0 aliphatic carbocycles. The summed E-state index contributed by atoms with van der Waals surface area (Å²) in [5.74, 6) is -0.252. The molecule has 1 amide bonds. The number of aliphatic hydroxyl groups excluding tert-OH is 1. The van der Waals surface area contributed by atoms with Crippen molar-refractivity contribution in [3.8, 4) is 0 Å². The van der Waals surface area contributed by atoms with Gasteiger partial charge in [0.2, 0.25) is 5.91 Å². The fourth-order valence-electron chi connectivity index (χ4n) is 3.24. The van der Waals surface area contributed by atoms with Crippen molar-refractivity contribution in [2.75, 3.05) is 19.6 Å². The van der Waals surface area contributed by atoms with Crippen LogP contribution in [0.1, 0.15) is 84.0 Å². The van der Waals surface area contributed by atoms with E-state index < -0.39 is 6.10 Å². The van der Waals surface area contributed by atoms with Crippen LogP contribution in [0.2, 0.25) is 0 Å². The van der Waals surface area contributed by atoms with Gasteiger partial charge < -0.3 is 15.7 Å². The molecule has 0 aromatic rings. The molecule has 1 heterocycles. The normalized spacial score (nSPS) is 20.8. The average Bonchev–Trinajstić information content (AvgIpc) is 2.98. The topological polar surface area (TPSA) is 61.4 Å². The van der Waals surface area contributed by atoms with Crippen molar-refractivity contribution >= 4 is 5.91 Å². The number of carbonyl (C=O) groups excluding carboxylic acids is 1. The standard InChI is InChI=1S/C19H38N2O2/c1-2-3-4-5-6-7-8-9-10-11-12-13-14-21-19(23)17-15-20-16-18(17)22/h17-18,20,22H,2-16H2,1H3,(H,21,23). The van der Waals surface area contributed by atoms with Crippen LogP contribution in [0.3, 0.4) is 0 Å². The van der Waals surface area contributed by atoms with Crippen molar-refractivity contribution in [2.24, 2.45) is 5.92 Å². The minimum absolute atomic E-state index is 0.00516. The number of β-amino-alcohol motifs (C(OH)–C–C–N with tert-alkyl or cyclic N) is 1. The lowest BCUT2D eigenvalue weighted by atomic mass is 10.0. The van der Waals surface area contributed by atoms with E-state index in [2.05, 4.69) is 17.6 Å². The lowest BCUT2D eigenvalue weighted by Crippen LogP contribution is -2.37. The third kappa shape index (κ3) is 9.98. The molecule has 4 nitrogen and oxygen atoms in total. The molecule has 23 heavy (non-hydrogen) atoms. The van der Waals surface area contributed by atoms with Gasteiger partial charge in [-0.2, -0.15) is 0 Å². The van der Waals surface area contributed by atoms with Gasteiger partial charge in [-0.25, -0.2) is 0 Å². The summed E-state index contributed by atoms with van der Waals surface area (Å²) in [7, 11) is 0. The Morgan fingerprint density at radius 1 is 0.913 bits per heavy atom. The molecule has 1 aliphatic rings. The molecule has 1 saturated heterocycles. The molecule has 0 radical (unpaired) electrons. The summed E-state index contributed by atoms with van der Waals surface area (Å²) in [6, 6.07) is 0. The Morgan fingerprint density at radius 2 is 1.43 bits per heavy atom. The number of rotatable bonds is 14. The number of amides is 1. The number of carbonyl (C=O) groups is 1. The number of hydrogen-bond donors (Lipinski definition) is 3. The quantitative estimate of drug-likeness (QED) is 0.429. The summed E-state index contributed by atoms with van der Waals surface area (Å²) in [5.41, 5.74) is 0. The van der Waals surface area contributed by atoms with E-state index in [1.165, 1.54) is 70.6 Å². The van der Waals surface area contributed by atoms with Crippen molar-refractivity contribution < 1.29 is 9.90 Å². The first-order valence-electron chi connectivity index (χ1n) is 9.92. The third-order valence-corrected chi connectivity index (χ3v) is 4.85. The molecule has 4 heteroatoms. The highest BCUT2D eigenvalue weighted by Gasteiger charge is 2.30. The molecule has 0 aromatic heterocycles. The van der Waals surface area contributed by atoms with Gasteiger partial charge in [0.15, 0.2) is 0 Å². The fraction of sp³-hybridized carbons (Fsp3) is 0.947. The van der Waals surface area contributed by atoms with E-state index in [9.17, 15) is 9.90 Å². The van der Waals surface area contributed by atoms with Gasteiger partial charge in [-0.1, -0.05) is 77.6 Å². The predicted molar refractivity (Wildman–Crippen MR) is 96.5 cm³/mol. The Morgan fingerprint density at radius 3 is 1.91 bits per heavy atom. The molecule has 1 fully saturated rings. The van der Waals surface area contributed by atoms with Gasteiger partial charge in [0, 0.05) is 19.6 Å². The summed E-state index contributed by atoms with van der Waals surface area (Å²) < 4.78 is 0. The molecule has 3 N–H and O–H groups in total. The minimum atomic E-state index is -0.517. The van der Waals surface area contributed by atoms with E-state index in [0.717, 1.165) is 13.0 Å². The smallest absolute Gasteiger partial charge is 0.227 e. The number of aliphatic hydroxyl groups is 1. The second-order valence-electron chi connectivity index (χ2n) is 7.01. The Hall–Kier alpha value is -0.610. The van der Waals surface area contributed by atoms with Crippen LogP contribution < -0.4 is 10.6 Å². The van der Waals surface area contributed by atoms with Gasteiger partial charge in [0.05, 0.1) is 12.0 Å². The Balaban J connectivity index is 1.79. The highest BCUT2D eigenvalue weighted by atomic mass is 16.3. The van der Waals surface area contributed by atoms with Crippen LogP contribution >= 0.6 is 0 Å². The first kappa shape index (κ1) is 20.4. The summed E-state index contributed by atoms with van der Waals surface area (Å²) in [5, 5.41) is 15.6. The van der Waals surface area contributed by atoms with Crippen LogP contribution in [0.5, 0.6) is 0 Å². The first-order valence-corrected chi connectivity index (χ1v) is 9.92. The summed E-state index contributed by atoms with van der Waals surface area (Å²) >= 11 is 0. The molecule has 1 rings (SSSR count). The molecule has 0 spiro atoms. The van der Waals surface area contributed by atoms with Crippen molar-refractivity contribution in [2.45, 2.75) is 90.1 Å². The maximum atomic E-state index is 11.8. The zero-order chi connectivity index (χ0) is 16.8. The van der Waals surface area contributed by atoms with Crippen LogP contribution in [0.15, 0.2) is 0 Å². The average molecular weight is 327 g/mol. The third-order valence-electron chi connectivity index (χ3n) is 4.85. The summed E-state index contributed by atoms with van der Waals surface area (Å²) in [4.78, 5) is 11.8. The molecule has 2 unspecified atom stereocenters. The molecule has 2 atom stereocenters. The number of nitrogens with one attached hydrogen (secondary N) is 2. The van der Waals surface area contributed by atoms with Crippen LogP contribution in [0.4, 0.5) is 0 Å². The van der Waals surface area contributed by atoms with Crippen molar-refractivity contribution in [3.05, 3.63) is 0 Å². The van der Waals surface area contributed by atoms with Crippen LogP contribution in [-0.2, 0) is 4.79 Å². The second-order valence-corrected chi connectivity index (χ2v) is 7.01. The number of unbranched alkanes of at least 4 members (excludes halogenated alkanes) is 11. The van der Waals surface area contributed by atoms with E-state index in [4.69, 9.17) is 0 Å². The van der Waals surface area contributed by atoms with E-state index in [1.807, 2.05) is 0 Å². The van der Waals surface area contributed by atoms with Crippen molar-refractivity contribution in [1.29, 1.82) is 0 Å². The van der Waals surface area contributed by atoms with E-state index in [-0.39, 0.29) is 11.8 Å². The molecule has 0 bridgehead atoms. The predicted octanol–water partition coefficient (Wildman–Crippen LogP) is 3.38. The maximum Gasteiger partial charge on any atom is 0.227 e. The van der Waals surface area contributed by atoms with E-state index >= 15 is 0 Å². The molecule has 0 aromatic carbocycles. The Bertz CT molecular complexity index is 297. The first-order chi connectivity index (χ1) is 11.3. The van der Waals surface area contributed by atoms with Gasteiger partial charge in [0.25, 0.3) is 0 Å². The van der Waals surface area contributed by atoms with E-state index in [1.54, 1.807) is 0 Å². The van der Waals surface area contributed by atoms with Crippen LogP contribution in [0, 0.1) is 5.92 Å². The zero-order valence-corrected chi connectivity index (χ0v) is 15.1. The van der Waals surface area contributed by atoms with Gasteiger partial charge >= 0.3 is 0 Å². The lowest BCUT2D eigenvalue weighted by molar-refractivity contribution is -0.126. The Labute approximate surface area is 142 Å². The van der Waals surface area contributed by atoms with Gasteiger partial charge in [-0.05, 0) is 6.42 Å². The molecular weight excluding hydrogens is 288 g/mol. The lowest BCUT2D eigenvalue weighted by Gasteiger charge is -2.13. The highest BCUT2D eigenvalue weighted by molar-refractivity contribution is 5.79. The Kier molecular flexibility index (Phi) is 12.3. The van der Waals surface area contributed by atoms with Crippen LogP contribution in [0.25, 0.3) is 0 Å². The minimum Gasteiger partial charge on any atom is -0.391 e. The fourth-order valence-corrected chi connectivity index (χ4v) is 3.24. The molecule has 1 aliphatic heterocycles. The molecule has 136 valence electrons. The zero-order valence-electron chi connectivity index (χ0n) is 15.1. The largest absolute Gasteiger partial charge is 0.391 e. The highest BCUT2D eigenvalue weighted by Crippen LogP contribution is 2.12. The number of hydrogen-bond acceptors (Lipinski definition) is 3. The van der Waals surface area contributed by atoms with Crippen LogP contribution in [-0.4, -0.2) is 36.8 Å². The van der Waals surface area contributed by atoms with Crippen molar-refractivity contribution in [3.63, 3.8) is 0 Å². The van der Waals surface area contributed by atoms with Crippen molar-refractivity contribution in [1.82, 2.24) is 10.6 Å².